The summed E-state index contributed by atoms with van der Waals surface area (Å²) in [5.74, 6) is 0.270. The Kier molecular flexibility index (Phi) is 5.22. The Balaban J connectivity index is 1.62. The van der Waals surface area contributed by atoms with Gasteiger partial charge in [0.25, 0.3) is 5.56 Å². The maximum Gasteiger partial charge on any atom is 0.262 e. The van der Waals surface area contributed by atoms with Gasteiger partial charge in [0.1, 0.15) is 0 Å². The van der Waals surface area contributed by atoms with E-state index in [1.165, 1.54) is 11.8 Å². The van der Waals surface area contributed by atoms with Crippen LogP contribution in [0.1, 0.15) is 31.4 Å². The zero-order chi connectivity index (χ0) is 19.7. The van der Waals surface area contributed by atoms with Crippen molar-refractivity contribution in [2.45, 2.75) is 37.9 Å². The van der Waals surface area contributed by atoms with Crippen LogP contribution in [0.25, 0.3) is 10.9 Å². The lowest BCUT2D eigenvalue weighted by Gasteiger charge is -2.23. The summed E-state index contributed by atoms with van der Waals surface area (Å²) < 4.78 is 1.78. The minimum Gasteiger partial charge on any atom is -0.312 e. The van der Waals surface area contributed by atoms with Gasteiger partial charge >= 0.3 is 0 Å². The van der Waals surface area contributed by atoms with Gasteiger partial charge in [0.2, 0.25) is 5.91 Å². The maximum atomic E-state index is 12.9. The van der Waals surface area contributed by atoms with Crippen molar-refractivity contribution in [3.63, 3.8) is 0 Å². The minimum absolute atomic E-state index is 0.00528. The fourth-order valence-corrected chi connectivity index (χ4v) is 4.38. The van der Waals surface area contributed by atoms with Crippen molar-refractivity contribution >= 4 is 34.3 Å². The highest BCUT2D eigenvalue weighted by molar-refractivity contribution is 7.99. The van der Waals surface area contributed by atoms with Crippen LogP contribution in [-0.4, -0.2) is 27.8 Å². The average Bonchev–Trinajstić information content (AvgIpc) is 3.53. The summed E-state index contributed by atoms with van der Waals surface area (Å²) >= 11 is 1.36. The third kappa shape index (κ3) is 3.56. The van der Waals surface area contributed by atoms with Crippen LogP contribution < -0.4 is 10.5 Å². The highest BCUT2D eigenvalue weighted by atomic mass is 32.2. The van der Waals surface area contributed by atoms with E-state index in [0.29, 0.717) is 22.6 Å². The van der Waals surface area contributed by atoms with Crippen molar-refractivity contribution in [1.29, 1.82) is 0 Å². The molecule has 1 saturated carbocycles. The summed E-state index contributed by atoms with van der Waals surface area (Å²) in [5.41, 5.74) is 2.68. The lowest BCUT2D eigenvalue weighted by molar-refractivity contribution is -0.116. The SMILES string of the molecule is CCN(C(=O)CSc1nc2ccccc2c(=O)n1C1CC1)c1ccccc1C. The first-order valence-corrected chi connectivity index (χ1v) is 10.6. The Bertz CT molecular complexity index is 1090. The second-order valence-corrected chi connectivity index (χ2v) is 7.97. The Morgan fingerprint density at radius 2 is 1.89 bits per heavy atom. The van der Waals surface area contributed by atoms with Crippen molar-refractivity contribution < 1.29 is 4.79 Å². The number of nitrogens with zero attached hydrogens (tertiary/aromatic N) is 3. The molecule has 6 heteroatoms. The summed E-state index contributed by atoms with van der Waals surface area (Å²) in [5, 5.41) is 1.28. The molecule has 1 heterocycles. The van der Waals surface area contributed by atoms with Crippen molar-refractivity contribution in [2.75, 3.05) is 17.2 Å². The van der Waals surface area contributed by atoms with E-state index in [1.54, 1.807) is 9.47 Å². The number of para-hydroxylation sites is 2. The Morgan fingerprint density at radius 3 is 2.61 bits per heavy atom. The first kappa shape index (κ1) is 18.7. The molecule has 1 aromatic heterocycles. The van der Waals surface area contributed by atoms with Crippen molar-refractivity contribution in [3.05, 3.63) is 64.4 Å². The predicted molar refractivity (Wildman–Crippen MR) is 114 cm³/mol. The minimum atomic E-state index is -0.00528. The average molecular weight is 394 g/mol. The number of thioether (sulfide) groups is 1. The number of rotatable bonds is 6. The first-order valence-electron chi connectivity index (χ1n) is 9.60. The van der Waals surface area contributed by atoms with E-state index in [1.807, 2.05) is 62.4 Å². The molecule has 144 valence electrons. The van der Waals surface area contributed by atoms with E-state index in [4.69, 9.17) is 4.98 Å². The van der Waals surface area contributed by atoms with Crippen LogP contribution in [0.4, 0.5) is 5.69 Å². The number of fused-ring (bicyclic) bond motifs is 1. The smallest absolute Gasteiger partial charge is 0.262 e. The van der Waals surface area contributed by atoms with Crippen LogP contribution in [0, 0.1) is 6.92 Å². The predicted octanol–water partition coefficient (Wildman–Crippen LogP) is 4.19. The second-order valence-electron chi connectivity index (χ2n) is 7.03. The molecule has 5 nitrogen and oxygen atoms in total. The van der Waals surface area contributed by atoms with Crippen molar-refractivity contribution in [3.8, 4) is 0 Å². The number of aromatic nitrogens is 2. The number of hydrogen-bond acceptors (Lipinski definition) is 4. The number of benzene rings is 2. The topological polar surface area (TPSA) is 55.2 Å². The molecular formula is C22H23N3O2S. The maximum absolute atomic E-state index is 12.9. The molecular weight excluding hydrogens is 370 g/mol. The van der Waals surface area contributed by atoms with Crippen LogP contribution in [-0.2, 0) is 4.79 Å². The monoisotopic (exact) mass is 393 g/mol. The number of carbonyl (C=O) groups is 1. The van der Waals surface area contributed by atoms with E-state index in [2.05, 4.69) is 0 Å². The van der Waals surface area contributed by atoms with Gasteiger partial charge in [0.15, 0.2) is 5.16 Å². The number of hydrogen-bond donors (Lipinski definition) is 0. The van der Waals surface area contributed by atoms with Gasteiger partial charge in [-0.3, -0.25) is 14.2 Å². The molecule has 0 bridgehead atoms. The highest BCUT2D eigenvalue weighted by Crippen LogP contribution is 2.37. The third-order valence-corrected chi connectivity index (χ3v) is 5.97. The standard InChI is InChI=1S/C22H23N3O2S/c1-3-24(19-11-7-4-8-15(19)2)20(26)14-28-22-23-18-10-6-5-9-17(18)21(27)25(22)16-12-13-16/h4-11,16H,3,12-14H2,1-2H3. The van der Waals surface area contributed by atoms with E-state index >= 15 is 0 Å². The lowest BCUT2D eigenvalue weighted by atomic mass is 10.2. The Labute approximate surface area is 168 Å². The highest BCUT2D eigenvalue weighted by Gasteiger charge is 2.29. The van der Waals surface area contributed by atoms with Gasteiger partial charge in [-0.15, -0.1) is 0 Å². The number of carbonyl (C=O) groups excluding carboxylic acids is 1. The zero-order valence-electron chi connectivity index (χ0n) is 16.1. The molecule has 0 atom stereocenters. The Hall–Kier alpha value is -2.60. The largest absolute Gasteiger partial charge is 0.312 e. The molecule has 28 heavy (non-hydrogen) atoms. The quantitative estimate of drug-likeness (QED) is 0.466. The lowest BCUT2D eigenvalue weighted by Crippen LogP contribution is -2.33. The molecule has 1 aliphatic rings. The fraction of sp³-hybridized carbons (Fsp3) is 0.318. The van der Waals surface area contributed by atoms with E-state index in [-0.39, 0.29) is 23.3 Å². The molecule has 2 aromatic carbocycles. The van der Waals surface area contributed by atoms with E-state index < -0.39 is 0 Å². The Morgan fingerprint density at radius 1 is 1.18 bits per heavy atom. The van der Waals surface area contributed by atoms with Gasteiger partial charge in [0, 0.05) is 18.3 Å². The molecule has 0 saturated heterocycles. The molecule has 0 spiro atoms. The molecule has 0 radical (unpaired) electrons. The van der Waals surface area contributed by atoms with Gasteiger partial charge < -0.3 is 4.90 Å². The van der Waals surface area contributed by atoms with Crippen molar-refractivity contribution in [1.82, 2.24) is 9.55 Å². The molecule has 1 aliphatic carbocycles. The second kappa shape index (κ2) is 7.80. The van der Waals surface area contributed by atoms with Gasteiger partial charge in [-0.1, -0.05) is 42.1 Å². The summed E-state index contributed by atoms with van der Waals surface area (Å²) in [6, 6.07) is 15.5. The summed E-state index contributed by atoms with van der Waals surface area (Å²) in [4.78, 5) is 32.4. The van der Waals surface area contributed by atoms with Crippen LogP contribution >= 0.6 is 11.8 Å². The van der Waals surface area contributed by atoms with Crippen molar-refractivity contribution in [2.24, 2.45) is 0 Å². The van der Waals surface area contributed by atoms with Gasteiger partial charge in [-0.05, 0) is 50.5 Å². The molecule has 4 rings (SSSR count). The van der Waals surface area contributed by atoms with E-state index in [9.17, 15) is 9.59 Å². The first-order chi connectivity index (χ1) is 13.6. The summed E-state index contributed by atoms with van der Waals surface area (Å²) in [6.45, 7) is 4.59. The molecule has 0 aliphatic heterocycles. The van der Waals surface area contributed by atoms with Crippen LogP contribution in [0.2, 0.25) is 0 Å². The molecule has 0 N–H and O–H groups in total. The molecule has 3 aromatic rings. The van der Waals surface area contributed by atoms with Crippen LogP contribution in [0.5, 0.6) is 0 Å². The van der Waals surface area contributed by atoms with E-state index in [0.717, 1.165) is 24.1 Å². The fourth-order valence-electron chi connectivity index (χ4n) is 3.43. The normalized spacial score (nSPS) is 13.6. The van der Waals surface area contributed by atoms with Gasteiger partial charge in [-0.25, -0.2) is 4.98 Å². The summed E-state index contributed by atoms with van der Waals surface area (Å²) in [6.07, 6.45) is 1.98. The van der Waals surface area contributed by atoms with Gasteiger partial charge in [-0.2, -0.15) is 0 Å². The molecule has 0 unspecified atom stereocenters. The van der Waals surface area contributed by atoms with Crippen LogP contribution in [0.15, 0.2) is 58.5 Å². The molecule has 1 amide bonds. The van der Waals surface area contributed by atoms with Crippen LogP contribution in [0.3, 0.4) is 0 Å². The number of aryl methyl sites for hydroxylation is 1. The van der Waals surface area contributed by atoms with Gasteiger partial charge in [0.05, 0.1) is 16.7 Å². The molecule has 1 fully saturated rings. The summed E-state index contributed by atoms with van der Waals surface area (Å²) in [7, 11) is 0. The zero-order valence-corrected chi connectivity index (χ0v) is 16.9. The number of anilines is 1. The third-order valence-electron chi connectivity index (χ3n) is 5.04. The number of amides is 1.